The van der Waals surface area contributed by atoms with Crippen LogP contribution in [0.5, 0.6) is 11.5 Å². The van der Waals surface area contributed by atoms with Gasteiger partial charge in [-0.05, 0) is 43.2 Å². The van der Waals surface area contributed by atoms with Crippen LogP contribution in [0.2, 0.25) is 0 Å². The number of anilines is 2. The van der Waals surface area contributed by atoms with Gasteiger partial charge in [-0.25, -0.2) is 4.98 Å². The topological polar surface area (TPSA) is 86.5 Å². The third kappa shape index (κ3) is 4.62. The molecule has 1 amide bonds. The fourth-order valence-electron chi connectivity index (χ4n) is 2.03. The van der Waals surface area contributed by atoms with Gasteiger partial charge in [0.25, 0.3) is 5.91 Å². The Morgan fingerprint density at radius 3 is 2.50 bits per heavy atom. The van der Waals surface area contributed by atoms with E-state index in [9.17, 15) is 4.79 Å². The number of nitrogens with one attached hydrogen (secondary N) is 1. The number of rotatable bonds is 8. The van der Waals surface area contributed by atoms with Gasteiger partial charge < -0.3 is 20.5 Å². The van der Waals surface area contributed by atoms with Crippen LogP contribution in [0.15, 0.2) is 36.5 Å². The maximum absolute atomic E-state index is 12.4. The molecule has 1 aromatic carbocycles. The summed E-state index contributed by atoms with van der Waals surface area (Å²) >= 11 is 0. The first-order chi connectivity index (χ1) is 11.7. The number of pyridine rings is 1. The molecule has 2 rings (SSSR count). The molecule has 0 fully saturated rings. The lowest BCUT2D eigenvalue weighted by molar-refractivity contribution is 0.102. The fraction of sp³-hybridized carbons (Fsp3) is 0.333. The predicted octanol–water partition coefficient (Wildman–Crippen LogP) is 3.49. The standard InChI is InChI=1S/C18H23N3O3/c1-3-10-23-15-8-7-13(12-14(15)19)18(22)21-17-16(24-11-4-2)6-5-9-20-17/h5-9,12H,3-4,10-11,19H2,1-2H3,(H,20,21,22). The van der Waals surface area contributed by atoms with Crippen molar-refractivity contribution in [3.63, 3.8) is 0 Å². The van der Waals surface area contributed by atoms with Crippen LogP contribution in [-0.4, -0.2) is 24.1 Å². The average molecular weight is 329 g/mol. The molecular weight excluding hydrogens is 306 g/mol. The number of hydrogen-bond acceptors (Lipinski definition) is 5. The summed E-state index contributed by atoms with van der Waals surface area (Å²) in [6.45, 7) is 5.18. The van der Waals surface area contributed by atoms with Crippen LogP contribution < -0.4 is 20.5 Å². The van der Waals surface area contributed by atoms with Crippen molar-refractivity contribution in [2.45, 2.75) is 26.7 Å². The number of nitrogens with two attached hydrogens (primary N) is 1. The van der Waals surface area contributed by atoms with Gasteiger partial charge in [-0.2, -0.15) is 0 Å². The molecule has 6 heteroatoms. The number of nitrogens with zero attached hydrogens (tertiary/aromatic N) is 1. The van der Waals surface area contributed by atoms with Crippen LogP contribution in [0.3, 0.4) is 0 Å². The van der Waals surface area contributed by atoms with Gasteiger partial charge in [-0.1, -0.05) is 13.8 Å². The Morgan fingerprint density at radius 2 is 1.83 bits per heavy atom. The molecule has 3 N–H and O–H groups in total. The van der Waals surface area contributed by atoms with E-state index >= 15 is 0 Å². The number of aromatic nitrogens is 1. The highest BCUT2D eigenvalue weighted by molar-refractivity contribution is 6.05. The Balaban J connectivity index is 2.11. The summed E-state index contributed by atoms with van der Waals surface area (Å²) in [6.07, 6.45) is 3.37. The van der Waals surface area contributed by atoms with Crippen molar-refractivity contribution in [3.05, 3.63) is 42.1 Å². The molecule has 0 spiro atoms. The van der Waals surface area contributed by atoms with Crippen molar-refractivity contribution in [1.82, 2.24) is 4.98 Å². The van der Waals surface area contributed by atoms with Crippen LogP contribution >= 0.6 is 0 Å². The van der Waals surface area contributed by atoms with E-state index in [4.69, 9.17) is 15.2 Å². The quantitative estimate of drug-likeness (QED) is 0.724. The third-order valence-corrected chi connectivity index (χ3v) is 3.20. The summed E-state index contributed by atoms with van der Waals surface area (Å²) < 4.78 is 11.1. The molecule has 0 radical (unpaired) electrons. The second-order valence-corrected chi connectivity index (χ2v) is 5.25. The zero-order valence-corrected chi connectivity index (χ0v) is 14.0. The summed E-state index contributed by atoms with van der Waals surface area (Å²) in [5, 5.41) is 2.75. The van der Waals surface area contributed by atoms with E-state index < -0.39 is 0 Å². The Labute approximate surface area is 142 Å². The van der Waals surface area contributed by atoms with Crippen LogP contribution in [0.4, 0.5) is 11.5 Å². The first kappa shape index (κ1) is 17.6. The molecule has 0 atom stereocenters. The molecular formula is C18H23N3O3. The maximum Gasteiger partial charge on any atom is 0.256 e. The minimum absolute atomic E-state index is 0.302. The Hall–Kier alpha value is -2.76. The molecule has 2 aromatic rings. The zero-order valence-electron chi connectivity index (χ0n) is 14.0. The van der Waals surface area contributed by atoms with Gasteiger partial charge in [-0.3, -0.25) is 4.79 Å². The molecule has 1 heterocycles. The summed E-state index contributed by atoms with van der Waals surface area (Å²) in [7, 11) is 0. The highest BCUT2D eigenvalue weighted by atomic mass is 16.5. The van der Waals surface area contributed by atoms with E-state index in [1.807, 2.05) is 13.8 Å². The maximum atomic E-state index is 12.4. The van der Waals surface area contributed by atoms with Crippen molar-refractivity contribution < 1.29 is 14.3 Å². The van der Waals surface area contributed by atoms with Crippen molar-refractivity contribution in [2.75, 3.05) is 24.3 Å². The predicted molar refractivity (Wildman–Crippen MR) is 94.6 cm³/mol. The van der Waals surface area contributed by atoms with Gasteiger partial charge in [0.1, 0.15) is 5.75 Å². The molecule has 6 nitrogen and oxygen atoms in total. The van der Waals surface area contributed by atoms with Gasteiger partial charge >= 0.3 is 0 Å². The highest BCUT2D eigenvalue weighted by Crippen LogP contribution is 2.25. The molecule has 0 aliphatic carbocycles. The first-order valence-corrected chi connectivity index (χ1v) is 8.07. The molecule has 24 heavy (non-hydrogen) atoms. The van der Waals surface area contributed by atoms with Gasteiger partial charge in [0, 0.05) is 11.8 Å². The van der Waals surface area contributed by atoms with Crippen molar-refractivity contribution in [1.29, 1.82) is 0 Å². The Kier molecular flexibility index (Phi) is 6.42. The third-order valence-electron chi connectivity index (χ3n) is 3.20. The fourth-order valence-corrected chi connectivity index (χ4v) is 2.03. The summed E-state index contributed by atoms with van der Waals surface area (Å²) in [5.74, 6) is 1.21. The number of hydrogen-bond donors (Lipinski definition) is 2. The van der Waals surface area contributed by atoms with Crippen molar-refractivity contribution >= 4 is 17.4 Å². The smallest absolute Gasteiger partial charge is 0.256 e. The van der Waals surface area contributed by atoms with E-state index in [0.717, 1.165) is 12.8 Å². The van der Waals surface area contributed by atoms with E-state index in [-0.39, 0.29) is 5.91 Å². The first-order valence-electron chi connectivity index (χ1n) is 8.07. The lowest BCUT2D eigenvalue weighted by Crippen LogP contribution is -2.14. The Bertz CT molecular complexity index is 689. The second-order valence-electron chi connectivity index (χ2n) is 5.25. The molecule has 0 saturated heterocycles. The van der Waals surface area contributed by atoms with Crippen LogP contribution in [0.1, 0.15) is 37.0 Å². The number of amides is 1. The van der Waals surface area contributed by atoms with E-state index in [1.165, 1.54) is 0 Å². The van der Waals surface area contributed by atoms with Crippen LogP contribution in [-0.2, 0) is 0 Å². The molecule has 0 aliphatic heterocycles. The van der Waals surface area contributed by atoms with Crippen molar-refractivity contribution in [3.8, 4) is 11.5 Å². The average Bonchev–Trinajstić information content (AvgIpc) is 2.60. The van der Waals surface area contributed by atoms with E-state index in [1.54, 1.807) is 36.5 Å². The second kappa shape index (κ2) is 8.76. The van der Waals surface area contributed by atoms with E-state index in [2.05, 4.69) is 10.3 Å². The molecule has 0 unspecified atom stereocenters. The number of nitrogen functional groups attached to an aromatic ring is 1. The molecule has 0 aliphatic rings. The van der Waals surface area contributed by atoms with Crippen molar-refractivity contribution in [2.24, 2.45) is 0 Å². The normalized spacial score (nSPS) is 10.2. The Morgan fingerprint density at radius 1 is 1.12 bits per heavy atom. The molecule has 0 saturated carbocycles. The SMILES string of the molecule is CCCOc1ccc(C(=O)Nc2ncccc2OCCC)cc1N. The molecule has 0 bridgehead atoms. The van der Waals surface area contributed by atoms with Crippen LogP contribution in [0, 0.1) is 0 Å². The number of carbonyl (C=O) groups excluding carboxylic acids is 1. The van der Waals surface area contributed by atoms with E-state index in [0.29, 0.717) is 41.8 Å². The number of carbonyl (C=O) groups is 1. The lowest BCUT2D eigenvalue weighted by atomic mass is 10.1. The highest BCUT2D eigenvalue weighted by Gasteiger charge is 2.12. The number of ether oxygens (including phenoxy) is 2. The largest absolute Gasteiger partial charge is 0.491 e. The summed E-state index contributed by atoms with van der Waals surface area (Å²) in [4.78, 5) is 16.6. The van der Waals surface area contributed by atoms with Gasteiger partial charge in [-0.15, -0.1) is 0 Å². The van der Waals surface area contributed by atoms with Crippen LogP contribution in [0.25, 0.3) is 0 Å². The lowest BCUT2D eigenvalue weighted by Gasteiger charge is -2.12. The van der Waals surface area contributed by atoms with Gasteiger partial charge in [0.15, 0.2) is 11.6 Å². The monoisotopic (exact) mass is 329 g/mol. The summed E-state index contributed by atoms with van der Waals surface area (Å²) in [6, 6.07) is 8.50. The van der Waals surface area contributed by atoms with Gasteiger partial charge in [0.2, 0.25) is 0 Å². The van der Waals surface area contributed by atoms with Gasteiger partial charge in [0.05, 0.1) is 18.9 Å². The summed E-state index contributed by atoms with van der Waals surface area (Å²) in [5.41, 5.74) is 6.81. The number of benzene rings is 1. The minimum atomic E-state index is -0.302. The molecule has 128 valence electrons. The minimum Gasteiger partial charge on any atom is -0.491 e. The zero-order chi connectivity index (χ0) is 17.4. The molecule has 1 aromatic heterocycles.